The molecule has 20 heavy (non-hydrogen) atoms. The Labute approximate surface area is 127 Å². The summed E-state index contributed by atoms with van der Waals surface area (Å²) >= 11 is 0. The first-order valence-corrected chi connectivity index (χ1v) is 7.26. The monoisotopic (exact) mass is 287 g/mol. The average Bonchev–Trinajstić information content (AvgIpc) is 2.82. The van der Waals surface area contributed by atoms with Gasteiger partial charge in [0.2, 0.25) is 0 Å². The molecule has 0 saturated heterocycles. The molecule has 1 atom stereocenters. The highest BCUT2D eigenvalue weighted by Gasteiger charge is 2.18. The van der Waals surface area contributed by atoms with E-state index in [2.05, 4.69) is 49.4 Å². The van der Waals surface area contributed by atoms with Crippen LogP contribution in [-0.4, -0.2) is 0 Å². The zero-order valence-electron chi connectivity index (χ0n) is 11.9. The lowest BCUT2D eigenvalue weighted by atomic mass is 9.97. The fourth-order valence-corrected chi connectivity index (χ4v) is 2.99. The molecule has 0 radical (unpaired) electrons. The molecule has 0 heterocycles. The summed E-state index contributed by atoms with van der Waals surface area (Å²) in [4.78, 5) is 0. The highest BCUT2D eigenvalue weighted by atomic mass is 35.5. The maximum Gasteiger partial charge on any atom is 0.0294 e. The Morgan fingerprint density at radius 2 is 1.80 bits per heavy atom. The normalized spacial score (nSPS) is 13.3. The van der Waals surface area contributed by atoms with Crippen molar-refractivity contribution in [3.8, 4) is 11.1 Å². The number of rotatable bonds is 4. The fourth-order valence-electron chi connectivity index (χ4n) is 2.99. The van der Waals surface area contributed by atoms with Crippen molar-refractivity contribution in [2.75, 3.05) is 0 Å². The van der Waals surface area contributed by atoms with Crippen LogP contribution in [0, 0.1) is 0 Å². The molecule has 2 N–H and O–H groups in total. The quantitative estimate of drug-likeness (QED) is 0.728. The summed E-state index contributed by atoms with van der Waals surface area (Å²) < 4.78 is 0. The van der Waals surface area contributed by atoms with Crippen molar-refractivity contribution < 1.29 is 0 Å². The van der Waals surface area contributed by atoms with Gasteiger partial charge in [-0.05, 0) is 40.7 Å². The zero-order chi connectivity index (χ0) is 13.2. The Balaban J connectivity index is 0.00000147. The largest absolute Gasteiger partial charge is 0.324 e. The van der Waals surface area contributed by atoms with Crippen LogP contribution in [0.1, 0.15) is 48.9 Å². The van der Waals surface area contributed by atoms with Gasteiger partial charge in [-0.25, -0.2) is 0 Å². The van der Waals surface area contributed by atoms with Crippen molar-refractivity contribution in [2.24, 2.45) is 5.73 Å². The first kappa shape index (κ1) is 15.1. The maximum absolute atomic E-state index is 6.28. The molecule has 1 aliphatic rings. The molecule has 0 fully saturated rings. The van der Waals surface area contributed by atoms with Gasteiger partial charge < -0.3 is 5.73 Å². The van der Waals surface area contributed by atoms with Crippen LogP contribution >= 0.6 is 12.4 Å². The summed E-state index contributed by atoms with van der Waals surface area (Å²) in [5.41, 5.74) is 13.2. The number of hydrogen-bond acceptors (Lipinski definition) is 1. The molecule has 2 heteroatoms. The van der Waals surface area contributed by atoms with Gasteiger partial charge >= 0.3 is 0 Å². The van der Waals surface area contributed by atoms with E-state index in [4.69, 9.17) is 5.73 Å². The summed E-state index contributed by atoms with van der Waals surface area (Å²) in [5.74, 6) is 0. The zero-order valence-corrected chi connectivity index (χ0v) is 12.7. The minimum Gasteiger partial charge on any atom is -0.324 e. The number of hydrogen-bond donors (Lipinski definition) is 1. The maximum atomic E-state index is 6.28. The number of unbranched alkanes of at least 4 members (excludes halogenated alkanes) is 1. The molecule has 0 spiro atoms. The minimum absolute atomic E-state index is 0. The van der Waals surface area contributed by atoms with Crippen LogP contribution < -0.4 is 5.73 Å². The molecule has 2 aromatic carbocycles. The van der Waals surface area contributed by atoms with E-state index >= 15 is 0 Å². The van der Waals surface area contributed by atoms with E-state index in [0.29, 0.717) is 0 Å². The summed E-state index contributed by atoms with van der Waals surface area (Å²) in [5, 5.41) is 0. The van der Waals surface area contributed by atoms with E-state index in [9.17, 15) is 0 Å². The van der Waals surface area contributed by atoms with E-state index in [-0.39, 0.29) is 18.4 Å². The Bertz CT molecular complexity index is 592. The smallest absolute Gasteiger partial charge is 0.0294 e. The van der Waals surface area contributed by atoms with E-state index in [1.807, 2.05) is 0 Å². The number of benzene rings is 2. The summed E-state index contributed by atoms with van der Waals surface area (Å²) in [7, 11) is 0. The van der Waals surface area contributed by atoms with Gasteiger partial charge in [-0.3, -0.25) is 0 Å². The molecule has 0 saturated carbocycles. The summed E-state index contributed by atoms with van der Waals surface area (Å²) in [6.45, 7) is 2.21. The molecule has 0 amide bonds. The van der Waals surface area contributed by atoms with Crippen LogP contribution in [0.2, 0.25) is 0 Å². The van der Waals surface area contributed by atoms with Crippen LogP contribution in [0.15, 0.2) is 42.5 Å². The third-order valence-electron chi connectivity index (χ3n) is 4.11. The number of halogens is 1. The Kier molecular flexibility index (Phi) is 4.85. The predicted molar refractivity (Wildman–Crippen MR) is 88.4 cm³/mol. The van der Waals surface area contributed by atoms with Crippen molar-refractivity contribution in [1.82, 2.24) is 0 Å². The van der Waals surface area contributed by atoms with E-state index in [1.165, 1.54) is 40.7 Å². The van der Waals surface area contributed by atoms with Gasteiger partial charge in [0.25, 0.3) is 0 Å². The topological polar surface area (TPSA) is 26.0 Å². The molecule has 106 valence electrons. The number of fused-ring (bicyclic) bond motifs is 3. The second-order valence-corrected chi connectivity index (χ2v) is 5.50. The third kappa shape index (κ3) is 2.74. The van der Waals surface area contributed by atoms with Crippen LogP contribution in [-0.2, 0) is 6.42 Å². The number of nitrogens with two attached hydrogens (primary N) is 1. The lowest BCUT2D eigenvalue weighted by Gasteiger charge is -2.13. The van der Waals surface area contributed by atoms with Gasteiger partial charge in [0.05, 0.1) is 0 Å². The molecule has 3 rings (SSSR count). The molecular weight excluding hydrogens is 266 g/mol. The molecule has 1 aliphatic carbocycles. The summed E-state index contributed by atoms with van der Waals surface area (Å²) in [6, 6.07) is 15.7. The Hall–Kier alpha value is -1.31. The van der Waals surface area contributed by atoms with Crippen molar-refractivity contribution in [3.63, 3.8) is 0 Å². The van der Waals surface area contributed by atoms with Crippen molar-refractivity contribution in [1.29, 1.82) is 0 Å². The average molecular weight is 288 g/mol. The first-order valence-electron chi connectivity index (χ1n) is 7.26. The minimum atomic E-state index is 0. The van der Waals surface area contributed by atoms with Crippen LogP contribution in [0.5, 0.6) is 0 Å². The highest BCUT2D eigenvalue weighted by molar-refractivity contribution is 5.85. The van der Waals surface area contributed by atoms with Gasteiger partial charge in [-0.1, -0.05) is 62.2 Å². The molecule has 0 aromatic heterocycles. The third-order valence-corrected chi connectivity index (χ3v) is 4.11. The van der Waals surface area contributed by atoms with Gasteiger partial charge in [0.1, 0.15) is 0 Å². The second kappa shape index (κ2) is 6.43. The molecular formula is C18H22ClN. The second-order valence-electron chi connectivity index (χ2n) is 5.50. The van der Waals surface area contributed by atoms with Gasteiger partial charge in [0, 0.05) is 6.04 Å². The standard InChI is InChI=1S/C18H21N.ClH/c1-2-3-8-18(19)14-9-10-17-15(12-14)11-13-6-4-5-7-16(13)17;/h4-7,9-10,12,18H,2-3,8,11,19H2,1H3;1H/t18-;/m0./s1. The van der Waals surface area contributed by atoms with Crippen LogP contribution in [0.4, 0.5) is 0 Å². The SMILES string of the molecule is CCCC[C@H](N)c1ccc2c(c1)Cc1ccccc1-2.Cl. The van der Waals surface area contributed by atoms with E-state index in [0.717, 1.165) is 12.8 Å². The van der Waals surface area contributed by atoms with Crippen molar-refractivity contribution in [3.05, 3.63) is 59.2 Å². The first-order chi connectivity index (χ1) is 9.29. The molecule has 0 unspecified atom stereocenters. The Morgan fingerprint density at radius 1 is 1.05 bits per heavy atom. The lowest BCUT2D eigenvalue weighted by molar-refractivity contribution is 0.603. The Morgan fingerprint density at radius 3 is 2.60 bits per heavy atom. The summed E-state index contributed by atoms with van der Waals surface area (Å²) in [6.07, 6.45) is 4.56. The van der Waals surface area contributed by atoms with Gasteiger partial charge in [0.15, 0.2) is 0 Å². The molecule has 0 bridgehead atoms. The van der Waals surface area contributed by atoms with Crippen molar-refractivity contribution in [2.45, 2.75) is 38.6 Å². The molecule has 2 aromatic rings. The van der Waals surface area contributed by atoms with Gasteiger partial charge in [-0.2, -0.15) is 0 Å². The molecule has 1 nitrogen and oxygen atoms in total. The fraction of sp³-hybridized carbons (Fsp3) is 0.333. The predicted octanol–water partition coefficient (Wildman–Crippen LogP) is 4.87. The molecule has 0 aliphatic heterocycles. The van der Waals surface area contributed by atoms with Crippen molar-refractivity contribution >= 4 is 12.4 Å². The lowest BCUT2D eigenvalue weighted by Crippen LogP contribution is -2.10. The van der Waals surface area contributed by atoms with Gasteiger partial charge in [-0.15, -0.1) is 12.4 Å². The van der Waals surface area contributed by atoms with Crippen LogP contribution in [0.25, 0.3) is 11.1 Å². The van der Waals surface area contributed by atoms with E-state index in [1.54, 1.807) is 0 Å². The van der Waals surface area contributed by atoms with Crippen LogP contribution in [0.3, 0.4) is 0 Å². The highest BCUT2D eigenvalue weighted by Crippen LogP contribution is 2.37. The van der Waals surface area contributed by atoms with E-state index < -0.39 is 0 Å².